The number of aryl methyl sites for hydroxylation is 1. The molecule has 0 spiro atoms. The standard InChI is InChI=1S/C15H17N7O5S3.Na/c1-21-14(18-19-20-21)30-6-8-5-29-13-15(27-2,17-9(23)7-28-4-3-16)12(26)22(13)10(8)11(24)25;/h13H,4-7H2,1-2H3,(H,17,23)(H,24,25);/q;+1/p-1/t13?,15-;/m0./s1. The van der Waals surface area contributed by atoms with E-state index in [0.717, 1.165) is 16.7 Å². The van der Waals surface area contributed by atoms with Gasteiger partial charge in [0, 0.05) is 25.7 Å². The van der Waals surface area contributed by atoms with E-state index < -0.39 is 28.9 Å². The number of carbonyl (C=O) groups excluding carboxylic acids is 3. The van der Waals surface area contributed by atoms with Crippen LogP contribution in [0.15, 0.2) is 16.4 Å². The van der Waals surface area contributed by atoms with Gasteiger partial charge >= 0.3 is 29.6 Å². The quantitative estimate of drug-likeness (QED) is 0.115. The summed E-state index contributed by atoms with van der Waals surface area (Å²) in [6, 6.07) is 1.91. The number of carbonyl (C=O) groups is 3. The van der Waals surface area contributed by atoms with Crippen LogP contribution in [0.25, 0.3) is 0 Å². The Balaban J connectivity index is 0.00000341. The van der Waals surface area contributed by atoms with Crippen LogP contribution in [-0.4, -0.2) is 84.1 Å². The summed E-state index contributed by atoms with van der Waals surface area (Å²) in [6.07, 6.45) is 0. The second-order valence-corrected chi connectivity index (χ2v) is 9.09. The molecule has 31 heavy (non-hydrogen) atoms. The van der Waals surface area contributed by atoms with Gasteiger partial charge in [-0.15, -0.1) is 28.6 Å². The van der Waals surface area contributed by atoms with E-state index in [1.165, 1.54) is 35.3 Å². The minimum absolute atomic E-state index is 0. The minimum Gasteiger partial charge on any atom is -0.543 e. The van der Waals surface area contributed by atoms with Gasteiger partial charge in [-0.1, -0.05) is 11.8 Å². The molecule has 0 radical (unpaired) electrons. The van der Waals surface area contributed by atoms with Gasteiger partial charge in [-0.05, 0) is 16.0 Å². The van der Waals surface area contributed by atoms with E-state index in [4.69, 9.17) is 10.00 Å². The summed E-state index contributed by atoms with van der Waals surface area (Å²) in [5.74, 6) is -2.02. The zero-order chi connectivity index (χ0) is 21.9. The predicted octanol–water partition coefficient (Wildman–Crippen LogP) is -5.06. The van der Waals surface area contributed by atoms with Gasteiger partial charge in [-0.3, -0.25) is 14.5 Å². The molecule has 0 bridgehead atoms. The summed E-state index contributed by atoms with van der Waals surface area (Å²) in [4.78, 5) is 38.0. The number of hydrogen-bond acceptors (Lipinski definition) is 12. The molecule has 1 unspecified atom stereocenters. The average Bonchev–Trinajstić information content (AvgIpc) is 3.14. The van der Waals surface area contributed by atoms with Crippen LogP contribution in [0.5, 0.6) is 0 Å². The normalized spacial score (nSPS) is 22.2. The number of rotatable bonds is 9. The molecule has 0 aliphatic carbocycles. The monoisotopic (exact) mass is 493 g/mol. The fourth-order valence-electron chi connectivity index (χ4n) is 2.97. The van der Waals surface area contributed by atoms with Crippen LogP contribution < -0.4 is 40.0 Å². The molecule has 2 amide bonds. The first-order valence-electron chi connectivity index (χ1n) is 8.40. The van der Waals surface area contributed by atoms with Gasteiger partial charge in [0.05, 0.1) is 29.2 Å². The Morgan fingerprint density at radius 1 is 1.52 bits per heavy atom. The fraction of sp³-hybridized carbons (Fsp3) is 0.533. The van der Waals surface area contributed by atoms with Gasteiger partial charge in [0.15, 0.2) is 0 Å². The third-order valence-corrected chi connectivity index (χ3v) is 7.58. The van der Waals surface area contributed by atoms with Crippen LogP contribution >= 0.6 is 35.3 Å². The Kier molecular flexibility index (Phi) is 9.25. The Morgan fingerprint density at radius 2 is 2.26 bits per heavy atom. The average molecular weight is 494 g/mol. The molecule has 0 aromatic carbocycles. The molecule has 2 aliphatic rings. The third-order valence-electron chi connectivity index (χ3n) is 4.31. The zero-order valence-corrected chi connectivity index (χ0v) is 21.3. The van der Waals surface area contributed by atoms with Crippen molar-refractivity contribution in [1.29, 1.82) is 5.26 Å². The van der Waals surface area contributed by atoms with E-state index in [9.17, 15) is 19.5 Å². The maximum atomic E-state index is 12.9. The Labute approximate surface area is 212 Å². The number of aliphatic carboxylic acids is 1. The predicted molar refractivity (Wildman–Crippen MR) is 105 cm³/mol. The van der Waals surface area contributed by atoms with Gasteiger partial charge in [-0.2, -0.15) is 5.26 Å². The van der Waals surface area contributed by atoms with Crippen molar-refractivity contribution in [3.05, 3.63) is 11.3 Å². The molecule has 1 saturated heterocycles. The van der Waals surface area contributed by atoms with Gasteiger partial charge in [-0.25, -0.2) is 4.68 Å². The smallest absolute Gasteiger partial charge is 0.543 e. The van der Waals surface area contributed by atoms with E-state index in [-0.39, 0.29) is 52.5 Å². The third kappa shape index (κ3) is 5.05. The molecular formula is C15H16N7NaO5S3. The van der Waals surface area contributed by atoms with Gasteiger partial charge in [0.25, 0.3) is 11.6 Å². The first-order chi connectivity index (χ1) is 14.4. The molecular weight excluding hydrogens is 477 g/mol. The summed E-state index contributed by atoms with van der Waals surface area (Å²) in [7, 11) is 2.93. The summed E-state index contributed by atoms with van der Waals surface area (Å²) < 4.78 is 6.79. The number of nitrogens with zero attached hydrogens (tertiary/aromatic N) is 6. The van der Waals surface area contributed by atoms with E-state index in [0.29, 0.717) is 16.5 Å². The first-order valence-corrected chi connectivity index (χ1v) is 11.6. The number of aromatic nitrogens is 4. The maximum absolute atomic E-state index is 12.9. The molecule has 1 aromatic rings. The number of carboxylic acid groups (broad SMARTS) is 1. The molecule has 0 saturated carbocycles. The van der Waals surface area contributed by atoms with Crippen molar-refractivity contribution in [2.24, 2.45) is 7.05 Å². The van der Waals surface area contributed by atoms with Crippen LogP contribution in [0.4, 0.5) is 0 Å². The molecule has 1 fully saturated rings. The maximum Gasteiger partial charge on any atom is 1.00 e. The van der Waals surface area contributed by atoms with Crippen LogP contribution in [0.1, 0.15) is 0 Å². The van der Waals surface area contributed by atoms with E-state index in [2.05, 4.69) is 20.8 Å². The van der Waals surface area contributed by atoms with Crippen molar-refractivity contribution in [3.8, 4) is 6.07 Å². The number of thioether (sulfide) groups is 3. The van der Waals surface area contributed by atoms with Crippen LogP contribution in [0, 0.1) is 11.3 Å². The van der Waals surface area contributed by atoms with Gasteiger partial charge < -0.3 is 20.0 Å². The first kappa shape index (κ1) is 26.0. The summed E-state index contributed by atoms with van der Waals surface area (Å²) in [5.41, 5.74) is -1.41. The van der Waals surface area contributed by atoms with E-state index >= 15 is 0 Å². The van der Waals surface area contributed by atoms with Crippen LogP contribution in [-0.2, 0) is 26.2 Å². The largest absolute Gasteiger partial charge is 1.00 e. The minimum atomic E-state index is -1.66. The van der Waals surface area contributed by atoms with Crippen molar-refractivity contribution < 1.29 is 53.8 Å². The van der Waals surface area contributed by atoms with Crippen LogP contribution in [0.2, 0.25) is 0 Å². The Hall–Kier alpha value is -1.28. The molecule has 2 atom stereocenters. The van der Waals surface area contributed by atoms with Crippen molar-refractivity contribution >= 4 is 53.1 Å². The van der Waals surface area contributed by atoms with Crippen molar-refractivity contribution in [1.82, 2.24) is 30.4 Å². The summed E-state index contributed by atoms with van der Waals surface area (Å²) in [5, 5.41) is 33.8. The molecule has 1 aromatic heterocycles. The van der Waals surface area contributed by atoms with E-state index in [1.54, 1.807) is 7.05 Å². The van der Waals surface area contributed by atoms with Gasteiger partial charge in [0.2, 0.25) is 11.1 Å². The Morgan fingerprint density at radius 3 is 2.84 bits per heavy atom. The number of β-lactam (4-membered cyclic amide) rings is 1. The number of amides is 2. The topological polar surface area (TPSA) is 166 Å². The number of methoxy groups -OCH3 is 1. The van der Waals surface area contributed by atoms with Crippen LogP contribution in [0.3, 0.4) is 0 Å². The number of ether oxygens (including phenoxy) is 1. The second-order valence-electron chi connectivity index (χ2n) is 6.09. The molecule has 3 rings (SSSR count). The SMILES string of the molecule is CO[C@@]1(NC(=O)CSCC#N)C(=O)N2C(C(=O)[O-])=C(CSc3nnnn3C)CSC21.[Na+]. The number of tetrazole rings is 1. The summed E-state index contributed by atoms with van der Waals surface area (Å²) in [6.45, 7) is 0. The van der Waals surface area contributed by atoms with Crippen molar-refractivity contribution in [2.75, 3.05) is 30.1 Å². The second kappa shape index (κ2) is 11.0. The fourth-order valence-corrected chi connectivity index (χ4v) is 5.85. The molecule has 2 aliphatic heterocycles. The number of nitrogens with one attached hydrogen (secondary N) is 1. The van der Waals surface area contributed by atoms with Crippen molar-refractivity contribution in [2.45, 2.75) is 16.3 Å². The number of fused-ring (bicyclic) bond motifs is 1. The molecule has 3 heterocycles. The number of nitriles is 1. The van der Waals surface area contributed by atoms with Crippen molar-refractivity contribution in [3.63, 3.8) is 0 Å². The molecule has 12 nitrogen and oxygen atoms in total. The molecule has 1 N–H and O–H groups in total. The van der Waals surface area contributed by atoms with E-state index in [1.807, 2.05) is 6.07 Å². The number of hydrogen-bond donors (Lipinski definition) is 1. The molecule has 160 valence electrons. The zero-order valence-electron chi connectivity index (χ0n) is 16.9. The number of carboxylic acids is 1. The Bertz CT molecular complexity index is 952. The van der Waals surface area contributed by atoms with Gasteiger partial charge in [0.1, 0.15) is 5.37 Å². The molecule has 16 heteroatoms. The summed E-state index contributed by atoms with van der Waals surface area (Å²) >= 11 is 3.60.